The molecule has 0 heterocycles. The lowest BCUT2D eigenvalue weighted by Gasteiger charge is -2.05. The highest BCUT2D eigenvalue weighted by atomic mass is 14.8. The van der Waals surface area contributed by atoms with E-state index in [2.05, 4.69) is 62.5 Å². The Bertz CT molecular complexity index is 309. The minimum absolute atomic E-state index is 0.426. The topological polar surface area (TPSA) is 12.0 Å². The summed E-state index contributed by atoms with van der Waals surface area (Å²) in [5.74, 6) is 0.610. The van der Waals surface area contributed by atoms with Crippen LogP contribution in [-0.4, -0.2) is 13.1 Å². The lowest BCUT2D eigenvalue weighted by atomic mass is 10.0. The van der Waals surface area contributed by atoms with Crippen molar-refractivity contribution in [3.63, 3.8) is 0 Å². The molecule has 1 aromatic rings. The molecule has 0 saturated carbocycles. The van der Waals surface area contributed by atoms with Crippen molar-refractivity contribution in [2.75, 3.05) is 7.05 Å². The number of nitrogens with one attached hydrogen (secondary N) is 1. The molecule has 1 atom stereocenters. The van der Waals surface area contributed by atoms with Gasteiger partial charge in [0, 0.05) is 6.04 Å². The van der Waals surface area contributed by atoms with E-state index in [9.17, 15) is 0 Å². The van der Waals surface area contributed by atoms with Gasteiger partial charge in [0.15, 0.2) is 0 Å². The van der Waals surface area contributed by atoms with Crippen LogP contribution < -0.4 is 5.32 Å². The van der Waals surface area contributed by atoms with Gasteiger partial charge in [0.1, 0.15) is 0 Å². The number of rotatable bonds is 4. The normalized spacial score (nSPS) is 13.7. The van der Waals surface area contributed by atoms with E-state index in [1.165, 1.54) is 11.1 Å². The van der Waals surface area contributed by atoms with Gasteiger partial charge in [-0.2, -0.15) is 0 Å². The first-order chi connectivity index (χ1) is 7.13. The Labute approximate surface area is 93.2 Å². The van der Waals surface area contributed by atoms with E-state index in [4.69, 9.17) is 0 Å². The molecule has 0 bridgehead atoms. The maximum atomic E-state index is 3.18. The summed E-state index contributed by atoms with van der Waals surface area (Å²) < 4.78 is 0. The SMILES string of the molecule is CNC(C)C=Cc1ccc(C(C)C)cc1. The monoisotopic (exact) mass is 203 g/mol. The quantitative estimate of drug-likeness (QED) is 0.790. The summed E-state index contributed by atoms with van der Waals surface area (Å²) in [7, 11) is 1.97. The Balaban J connectivity index is 2.68. The van der Waals surface area contributed by atoms with Crippen LogP contribution in [-0.2, 0) is 0 Å². The Morgan fingerprint density at radius 1 is 1.07 bits per heavy atom. The van der Waals surface area contributed by atoms with Crippen LogP contribution in [0, 0.1) is 0 Å². The van der Waals surface area contributed by atoms with Gasteiger partial charge in [0.25, 0.3) is 0 Å². The lowest BCUT2D eigenvalue weighted by Crippen LogP contribution is -2.17. The van der Waals surface area contributed by atoms with Gasteiger partial charge in [-0.05, 0) is 31.0 Å². The standard InChI is InChI=1S/C14H21N/c1-11(2)14-9-7-13(8-10-14)6-5-12(3)15-4/h5-12,15H,1-4H3. The summed E-state index contributed by atoms with van der Waals surface area (Å²) in [6, 6.07) is 9.18. The average Bonchev–Trinajstić information content (AvgIpc) is 2.26. The largest absolute Gasteiger partial charge is 0.314 e. The van der Waals surface area contributed by atoms with Crippen molar-refractivity contribution in [3.8, 4) is 0 Å². The molecule has 0 spiro atoms. The highest BCUT2D eigenvalue weighted by Crippen LogP contribution is 2.15. The molecule has 0 aliphatic carbocycles. The van der Waals surface area contributed by atoms with Gasteiger partial charge in [-0.25, -0.2) is 0 Å². The first-order valence-electron chi connectivity index (χ1n) is 5.59. The molecule has 1 aromatic carbocycles. The van der Waals surface area contributed by atoms with Gasteiger partial charge in [-0.1, -0.05) is 50.3 Å². The lowest BCUT2D eigenvalue weighted by molar-refractivity contribution is 0.731. The van der Waals surface area contributed by atoms with Gasteiger partial charge < -0.3 is 5.32 Å². The van der Waals surface area contributed by atoms with Crippen molar-refractivity contribution in [1.82, 2.24) is 5.32 Å². The summed E-state index contributed by atoms with van der Waals surface area (Å²) >= 11 is 0. The first-order valence-corrected chi connectivity index (χ1v) is 5.59. The van der Waals surface area contributed by atoms with E-state index >= 15 is 0 Å². The third kappa shape index (κ3) is 3.88. The zero-order chi connectivity index (χ0) is 11.3. The molecule has 1 N–H and O–H groups in total. The molecule has 0 amide bonds. The predicted molar refractivity (Wildman–Crippen MR) is 68.1 cm³/mol. The molecule has 0 aliphatic rings. The highest BCUT2D eigenvalue weighted by molar-refractivity contribution is 5.50. The first kappa shape index (κ1) is 12.0. The van der Waals surface area contributed by atoms with E-state index in [1.807, 2.05) is 7.05 Å². The molecule has 0 saturated heterocycles. The van der Waals surface area contributed by atoms with Crippen molar-refractivity contribution in [2.45, 2.75) is 32.7 Å². The Morgan fingerprint density at radius 3 is 2.13 bits per heavy atom. The van der Waals surface area contributed by atoms with Crippen LogP contribution in [0.15, 0.2) is 30.3 Å². The highest BCUT2D eigenvalue weighted by Gasteiger charge is 1.97. The molecule has 0 radical (unpaired) electrons. The van der Waals surface area contributed by atoms with Crippen molar-refractivity contribution in [3.05, 3.63) is 41.5 Å². The van der Waals surface area contributed by atoms with Crippen molar-refractivity contribution < 1.29 is 0 Å². The van der Waals surface area contributed by atoms with Gasteiger partial charge in [0.2, 0.25) is 0 Å². The van der Waals surface area contributed by atoms with Gasteiger partial charge in [0.05, 0.1) is 0 Å². The molecule has 1 nitrogen and oxygen atoms in total. The maximum Gasteiger partial charge on any atom is 0.0221 e. The minimum Gasteiger partial charge on any atom is -0.314 e. The molecule has 1 heteroatoms. The van der Waals surface area contributed by atoms with Crippen LogP contribution in [0.1, 0.15) is 37.8 Å². The zero-order valence-electron chi connectivity index (χ0n) is 10.1. The Hall–Kier alpha value is -1.08. The van der Waals surface area contributed by atoms with E-state index in [1.54, 1.807) is 0 Å². The molecule has 1 unspecified atom stereocenters. The molecule has 1 rings (SSSR count). The molecular weight excluding hydrogens is 182 g/mol. The van der Waals surface area contributed by atoms with E-state index < -0.39 is 0 Å². The molecule has 0 aromatic heterocycles. The smallest absolute Gasteiger partial charge is 0.0221 e. The fourth-order valence-corrected chi connectivity index (χ4v) is 1.34. The number of likely N-dealkylation sites (N-methyl/N-ethyl adjacent to an activating group) is 1. The number of hydrogen-bond donors (Lipinski definition) is 1. The second-order valence-corrected chi connectivity index (χ2v) is 4.26. The summed E-state index contributed by atoms with van der Waals surface area (Å²) in [4.78, 5) is 0. The third-order valence-corrected chi connectivity index (χ3v) is 2.64. The molecule has 0 fully saturated rings. The summed E-state index contributed by atoms with van der Waals surface area (Å²) in [6.45, 7) is 6.57. The van der Waals surface area contributed by atoms with E-state index in [-0.39, 0.29) is 0 Å². The van der Waals surface area contributed by atoms with Crippen LogP contribution >= 0.6 is 0 Å². The predicted octanol–water partition coefficient (Wildman–Crippen LogP) is 3.43. The van der Waals surface area contributed by atoms with Crippen molar-refractivity contribution >= 4 is 6.08 Å². The second kappa shape index (κ2) is 5.72. The number of hydrogen-bond acceptors (Lipinski definition) is 1. The Morgan fingerprint density at radius 2 is 1.67 bits per heavy atom. The molecule has 0 aliphatic heterocycles. The minimum atomic E-state index is 0.426. The van der Waals surface area contributed by atoms with Gasteiger partial charge >= 0.3 is 0 Å². The zero-order valence-corrected chi connectivity index (χ0v) is 10.1. The second-order valence-electron chi connectivity index (χ2n) is 4.26. The maximum absolute atomic E-state index is 3.18. The van der Waals surface area contributed by atoms with Crippen LogP contribution in [0.5, 0.6) is 0 Å². The fraction of sp³-hybridized carbons (Fsp3) is 0.429. The van der Waals surface area contributed by atoms with Crippen LogP contribution in [0.3, 0.4) is 0 Å². The fourth-order valence-electron chi connectivity index (χ4n) is 1.34. The van der Waals surface area contributed by atoms with Crippen LogP contribution in [0.4, 0.5) is 0 Å². The molecular formula is C14H21N. The van der Waals surface area contributed by atoms with Crippen molar-refractivity contribution in [2.24, 2.45) is 0 Å². The van der Waals surface area contributed by atoms with E-state index in [0.29, 0.717) is 12.0 Å². The van der Waals surface area contributed by atoms with Gasteiger partial charge in [-0.3, -0.25) is 0 Å². The number of benzene rings is 1. The van der Waals surface area contributed by atoms with E-state index in [0.717, 1.165) is 0 Å². The Kier molecular flexibility index (Phi) is 4.57. The van der Waals surface area contributed by atoms with Crippen LogP contribution in [0.2, 0.25) is 0 Å². The van der Waals surface area contributed by atoms with Gasteiger partial charge in [-0.15, -0.1) is 0 Å². The molecule has 15 heavy (non-hydrogen) atoms. The third-order valence-electron chi connectivity index (χ3n) is 2.64. The van der Waals surface area contributed by atoms with Crippen molar-refractivity contribution in [1.29, 1.82) is 0 Å². The summed E-state index contributed by atoms with van der Waals surface area (Å²) in [5.41, 5.74) is 2.66. The average molecular weight is 203 g/mol. The summed E-state index contributed by atoms with van der Waals surface area (Å²) in [6.07, 6.45) is 4.33. The van der Waals surface area contributed by atoms with Crippen LogP contribution in [0.25, 0.3) is 6.08 Å². The molecule has 82 valence electrons. The summed E-state index contributed by atoms with van der Waals surface area (Å²) in [5, 5.41) is 3.18.